The summed E-state index contributed by atoms with van der Waals surface area (Å²) in [5.74, 6) is 3.31. The Hall–Kier alpha value is -2.24. The Morgan fingerprint density at radius 1 is 1.17 bits per heavy atom. The molecule has 1 aliphatic heterocycles. The van der Waals surface area contributed by atoms with Crippen molar-refractivity contribution in [2.75, 3.05) is 39.3 Å². The summed E-state index contributed by atoms with van der Waals surface area (Å²) in [6.07, 6.45) is 3.78. The fourth-order valence-electron chi connectivity index (χ4n) is 3.49. The second-order valence-corrected chi connectivity index (χ2v) is 6.94. The Labute approximate surface area is 195 Å². The van der Waals surface area contributed by atoms with Gasteiger partial charge >= 0.3 is 0 Å². The molecule has 3 rings (SSSR count). The number of aliphatic imine (C=N–C) groups is 1. The fourth-order valence-corrected chi connectivity index (χ4v) is 3.49. The number of nitrogens with zero attached hydrogens (tertiary/aromatic N) is 5. The molecule has 2 heterocycles. The van der Waals surface area contributed by atoms with E-state index >= 15 is 0 Å². The minimum absolute atomic E-state index is 0. The summed E-state index contributed by atoms with van der Waals surface area (Å²) in [6.45, 7) is 5.43. The van der Waals surface area contributed by atoms with Gasteiger partial charge in [-0.15, -0.1) is 34.2 Å². The van der Waals surface area contributed by atoms with E-state index in [1.165, 1.54) is 0 Å². The van der Waals surface area contributed by atoms with E-state index in [1.54, 1.807) is 27.6 Å². The molecule has 10 heteroatoms. The maximum atomic E-state index is 5.40. The number of benzene rings is 1. The largest absolute Gasteiger partial charge is 0.497 e. The molecule has 1 aliphatic rings. The van der Waals surface area contributed by atoms with Gasteiger partial charge in [0.15, 0.2) is 11.8 Å². The minimum atomic E-state index is 0. The van der Waals surface area contributed by atoms with E-state index < -0.39 is 0 Å². The van der Waals surface area contributed by atoms with Crippen LogP contribution < -0.4 is 25.0 Å². The average molecular weight is 529 g/mol. The molecule has 0 atom stereocenters. The van der Waals surface area contributed by atoms with Crippen LogP contribution in [0.1, 0.15) is 25.6 Å². The number of aryl methyl sites for hydroxylation is 1. The number of methoxy groups -OCH3 is 2. The zero-order chi connectivity index (χ0) is 20.6. The van der Waals surface area contributed by atoms with Crippen molar-refractivity contribution in [2.24, 2.45) is 4.99 Å². The molecule has 0 aliphatic carbocycles. The molecule has 2 aromatic rings. The van der Waals surface area contributed by atoms with Crippen LogP contribution in [-0.2, 0) is 13.1 Å². The van der Waals surface area contributed by atoms with E-state index in [0.29, 0.717) is 12.6 Å². The van der Waals surface area contributed by atoms with Crippen molar-refractivity contribution in [1.82, 2.24) is 25.4 Å². The van der Waals surface area contributed by atoms with Gasteiger partial charge in [-0.1, -0.05) is 0 Å². The Balaban J connectivity index is 0.00000320. The Kier molecular flexibility index (Phi) is 9.47. The van der Waals surface area contributed by atoms with Gasteiger partial charge in [-0.2, -0.15) is 0 Å². The predicted octanol–water partition coefficient (Wildman–Crippen LogP) is 2.27. The Bertz CT molecular complexity index is 797. The van der Waals surface area contributed by atoms with Gasteiger partial charge in [0.1, 0.15) is 17.8 Å². The van der Waals surface area contributed by atoms with Gasteiger partial charge in [-0.3, -0.25) is 4.99 Å². The van der Waals surface area contributed by atoms with Crippen LogP contribution in [0.15, 0.2) is 29.5 Å². The van der Waals surface area contributed by atoms with Gasteiger partial charge < -0.3 is 29.6 Å². The standard InChI is InChI=1S/C20H31N7O2.HI/c1-5-26-14-23-25-19(26)13-22-20(21-2)24-15-6-8-27(9-7-15)16-10-17(28-3)12-18(11-16)29-4;/h10-12,14-15H,5-9,13H2,1-4H3,(H2,21,22,24);1H. The summed E-state index contributed by atoms with van der Waals surface area (Å²) >= 11 is 0. The first kappa shape index (κ1) is 24.0. The molecule has 0 unspecified atom stereocenters. The molecule has 30 heavy (non-hydrogen) atoms. The second-order valence-electron chi connectivity index (χ2n) is 6.94. The number of aromatic nitrogens is 3. The number of rotatable bonds is 7. The number of guanidine groups is 1. The van der Waals surface area contributed by atoms with E-state index in [0.717, 1.165) is 61.4 Å². The van der Waals surface area contributed by atoms with Crippen molar-refractivity contribution in [3.05, 3.63) is 30.4 Å². The van der Waals surface area contributed by atoms with Crippen LogP contribution in [0.2, 0.25) is 0 Å². The molecular formula is C20H32IN7O2. The van der Waals surface area contributed by atoms with Gasteiger partial charge in [-0.25, -0.2) is 0 Å². The molecule has 1 aromatic carbocycles. The lowest BCUT2D eigenvalue weighted by atomic mass is 10.0. The summed E-state index contributed by atoms with van der Waals surface area (Å²) in [7, 11) is 5.14. The number of anilines is 1. The van der Waals surface area contributed by atoms with Crippen molar-refractivity contribution >= 4 is 35.6 Å². The van der Waals surface area contributed by atoms with Crippen molar-refractivity contribution in [1.29, 1.82) is 0 Å². The number of halogens is 1. The van der Waals surface area contributed by atoms with E-state index in [1.807, 2.05) is 10.6 Å². The lowest BCUT2D eigenvalue weighted by Crippen LogP contribution is -2.48. The lowest BCUT2D eigenvalue weighted by molar-refractivity contribution is 0.393. The SMILES string of the molecule is CCn1cnnc1CNC(=NC)NC1CCN(c2cc(OC)cc(OC)c2)CC1.I. The van der Waals surface area contributed by atoms with Crippen molar-refractivity contribution in [2.45, 2.75) is 38.9 Å². The number of piperidine rings is 1. The molecule has 0 saturated carbocycles. The summed E-state index contributed by atoms with van der Waals surface area (Å²) in [4.78, 5) is 6.71. The van der Waals surface area contributed by atoms with Gasteiger partial charge in [0.05, 0.1) is 20.8 Å². The highest BCUT2D eigenvalue weighted by atomic mass is 127. The summed E-state index contributed by atoms with van der Waals surface area (Å²) in [6, 6.07) is 6.38. The summed E-state index contributed by atoms with van der Waals surface area (Å²) in [5.41, 5.74) is 1.13. The molecule has 1 aromatic heterocycles. The van der Waals surface area contributed by atoms with E-state index in [2.05, 4.69) is 49.8 Å². The van der Waals surface area contributed by atoms with E-state index in [9.17, 15) is 0 Å². The zero-order valence-electron chi connectivity index (χ0n) is 18.1. The number of hydrogen-bond acceptors (Lipinski definition) is 6. The third-order valence-electron chi connectivity index (χ3n) is 5.21. The molecule has 2 N–H and O–H groups in total. The van der Waals surface area contributed by atoms with Crippen LogP contribution in [-0.4, -0.2) is 61.1 Å². The first-order chi connectivity index (χ1) is 14.2. The highest BCUT2D eigenvalue weighted by molar-refractivity contribution is 14.0. The number of hydrogen-bond donors (Lipinski definition) is 2. The van der Waals surface area contributed by atoms with Crippen LogP contribution in [0.3, 0.4) is 0 Å². The molecule has 0 bridgehead atoms. The summed E-state index contributed by atoms with van der Waals surface area (Å²) in [5, 5.41) is 15.0. The summed E-state index contributed by atoms with van der Waals surface area (Å²) < 4.78 is 12.8. The van der Waals surface area contributed by atoms with Crippen LogP contribution in [0, 0.1) is 0 Å². The predicted molar refractivity (Wildman–Crippen MR) is 129 cm³/mol. The maximum absolute atomic E-state index is 5.40. The molecule has 166 valence electrons. The van der Waals surface area contributed by atoms with Crippen molar-refractivity contribution < 1.29 is 9.47 Å². The first-order valence-electron chi connectivity index (χ1n) is 9.98. The average Bonchev–Trinajstić information content (AvgIpc) is 3.24. The van der Waals surface area contributed by atoms with Gasteiger partial charge in [-0.05, 0) is 19.8 Å². The first-order valence-corrected chi connectivity index (χ1v) is 9.98. The van der Waals surface area contributed by atoms with Crippen molar-refractivity contribution in [3.63, 3.8) is 0 Å². The second kappa shape index (κ2) is 11.8. The normalized spacial score (nSPS) is 14.8. The van der Waals surface area contributed by atoms with E-state index in [-0.39, 0.29) is 24.0 Å². The van der Waals surface area contributed by atoms with Crippen LogP contribution in [0.4, 0.5) is 5.69 Å². The molecule has 1 saturated heterocycles. The quantitative estimate of drug-likeness (QED) is 0.323. The van der Waals surface area contributed by atoms with Gasteiger partial charge in [0, 0.05) is 56.6 Å². The molecule has 0 amide bonds. The van der Waals surface area contributed by atoms with Gasteiger partial charge in [0.2, 0.25) is 0 Å². The number of ether oxygens (including phenoxy) is 2. The maximum Gasteiger partial charge on any atom is 0.191 e. The van der Waals surface area contributed by atoms with Crippen LogP contribution in [0.25, 0.3) is 0 Å². The zero-order valence-corrected chi connectivity index (χ0v) is 20.4. The lowest BCUT2D eigenvalue weighted by Gasteiger charge is -2.34. The fraction of sp³-hybridized carbons (Fsp3) is 0.550. The molecule has 0 radical (unpaired) electrons. The third-order valence-corrected chi connectivity index (χ3v) is 5.21. The monoisotopic (exact) mass is 529 g/mol. The van der Waals surface area contributed by atoms with Crippen molar-refractivity contribution in [3.8, 4) is 11.5 Å². The topological polar surface area (TPSA) is 88.8 Å². The highest BCUT2D eigenvalue weighted by Gasteiger charge is 2.21. The Morgan fingerprint density at radius 2 is 1.83 bits per heavy atom. The van der Waals surface area contributed by atoms with E-state index in [4.69, 9.17) is 9.47 Å². The van der Waals surface area contributed by atoms with Crippen LogP contribution in [0.5, 0.6) is 11.5 Å². The van der Waals surface area contributed by atoms with Crippen LogP contribution >= 0.6 is 24.0 Å². The molecule has 9 nitrogen and oxygen atoms in total. The highest BCUT2D eigenvalue weighted by Crippen LogP contribution is 2.30. The molecular weight excluding hydrogens is 497 g/mol. The minimum Gasteiger partial charge on any atom is -0.497 e. The van der Waals surface area contributed by atoms with Gasteiger partial charge in [0.25, 0.3) is 0 Å². The third kappa shape index (κ3) is 6.13. The smallest absolute Gasteiger partial charge is 0.191 e. The molecule has 0 spiro atoms. The molecule has 1 fully saturated rings. The number of nitrogens with one attached hydrogen (secondary N) is 2. The Morgan fingerprint density at radius 3 is 2.40 bits per heavy atom.